The third-order valence-corrected chi connectivity index (χ3v) is 5.84. The molecule has 0 aromatic heterocycles. The van der Waals surface area contributed by atoms with Crippen molar-refractivity contribution in [3.63, 3.8) is 0 Å². The lowest BCUT2D eigenvalue weighted by atomic mass is 9.80. The second-order valence-electron chi connectivity index (χ2n) is 7.92. The van der Waals surface area contributed by atoms with Crippen LogP contribution in [0.2, 0.25) is 0 Å². The number of hydrogen-bond donors (Lipinski definition) is 0. The molecule has 0 aliphatic rings. The highest BCUT2D eigenvalue weighted by Crippen LogP contribution is 2.37. The molecule has 3 aromatic carbocycles. The normalized spacial score (nSPS) is 12.1. The number of rotatable bonds is 6. The molecule has 1 unspecified atom stereocenters. The van der Waals surface area contributed by atoms with Gasteiger partial charge in [0.1, 0.15) is 0 Å². The van der Waals surface area contributed by atoms with Crippen LogP contribution in [0.25, 0.3) is 0 Å². The van der Waals surface area contributed by atoms with Crippen molar-refractivity contribution in [1.82, 2.24) is 0 Å². The third-order valence-electron chi connectivity index (χ3n) is 5.84. The summed E-state index contributed by atoms with van der Waals surface area (Å²) in [6.07, 6.45) is 0. The molecule has 0 amide bonds. The van der Waals surface area contributed by atoms with Crippen molar-refractivity contribution in [2.24, 2.45) is 0 Å². The molecular weight excluding hydrogens is 338 g/mol. The number of benzene rings is 3. The Bertz CT molecular complexity index is 933. The third kappa shape index (κ3) is 4.14. The molecule has 0 saturated carbocycles. The van der Waals surface area contributed by atoms with Crippen LogP contribution in [0.4, 0.5) is 5.69 Å². The van der Waals surface area contributed by atoms with E-state index < -0.39 is 0 Å². The predicted octanol–water partition coefficient (Wildman–Crippen LogP) is 6.95. The van der Waals surface area contributed by atoms with Crippen LogP contribution in [0, 0.1) is 27.7 Å². The summed E-state index contributed by atoms with van der Waals surface area (Å²) in [5, 5.41) is 0. The van der Waals surface area contributed by atoms with E-state index in [1.807, 2.05) is 0 Å². The van der Waals surface area contributed by atoms with Crippen molar-refractivity contribution in [2.45, 2.75) is 47.5 Å². The molecule has 0 spiro atoms. The average molecular weight is 372 g/mol. The van der Waals surface area contributed by atoms with E-state index in [-0.39, 0.29) is 5.92 Å². The smallest absolute Gasteiger partial charge is 0.0368 e. The van der Waals surface area contributed by atoms with Gasteiger partial charge in [-0.3, -0.25) is 0 Å². The molecule has 0 N–H and O–H groups in total. The molecule has 28 heavy (non-hydrogen) atoms. The summed E-state index contributed by atoms with van der Waals surface area (Å²) in [5.74, 6) is 0.256. The monoisotopic (exact) mass is 371 g/mol. The SMILES string of the molecule is CCN(CC)c1ccc(C(c2ccc(C)cc2)c2ccc(C)cc2C)c(C)c1. The molecular formula is C27H33N. The molecule has 0 fully saturated rings. The van der Waals surface area contributed by atoms with Gasteiger partial charge in [-0.05, 0) is 81.5 Å². The van der Waals surface area contributed by atoms with E-state index in [2.05, 4.69) is 107 Å². The van der Waals surface area contributed by atoms with Gasteiger partial charge in [0.15, 0.2) is 0 Å². The molecule has 1 heteroatoms. The van der Waals surface area contributed by atoms with E-state index >= 15 is 0 Å². The number of anilines is 1. The first-order chi connectivity index (χ1) is 13.4. The van der Waals surface area contributed by atoms with Crippen molar-refractivity contribution in [3.8, 4) is 0 Å². The Morgan fingerprint density at radius 3 is 1.71 bits per heavy atom. The Labute approximate surface area is 171 Å². The van der Waals surface area contributed by atoms with Gasteiger partial charge in [0.2, 0.25) is 0 Å². The van der Waals surface area contributed by atoms with Crippen LogP contribution in [-0.2, 0) is 0 Å². The molecule has 1 nitrogen and oxygen atoms in total. The minimum atomic E-state index is 0.256. The first kappa shape index (κ1) is 20.2. The van der Waals surface area contributed by atoms with Gasteiger partial charge in [0.25, 0.3) is 0 Å². The Morgan fingerprint density at radius 2 is 1.18 bits per heavy atom. The molecule has 0 heterocycles. The number of nitrogens with zero attached hydrogens (tertiary/aromatic N) is 1. The first-order valence-electron chi connectivity index (χ1n) is 10.4. The van der Waals surface area contributed by atoms with Crippen molar-refractivity contribution in [1.29, 1.82) is 0 Å². The van der Waals surface area contributed by atoms with E-state index in [1.165, 1.54) is 44.6 Å². The van der Waals surface area contributed by atoms with Gasteiger partial charge in [0, 0.05) is 24.7 Å². The molecule has 0 bridgehead atoms. The average Bonchev–Trinajstić information content (AvgIpc) is 2.67. The molecule has 0 aliphatic carbocycles. The van der Waals surface area contributed by atoms with Crippen molar-refractivity contribution in [3.05, 3.63) is 99.6 Å². The quantitative estimate of drug-likeness (QED) is 0.424. The van der Waals surface area contributed by atoms with Gasteiger partial charge in [-0.2, -0.15) is 0 Å². The van der Waals surface area contributed by atoms with Crippen LogP contribution in [0.15, 0.2) is 60.7 Å². The number of hydrogen-bond acceptors (Lipinski definition) is 1. The highest BCUT2D eigenvalue weighted by atomic mass is 15.1. The highest BCUT2D eigenvalue weighted by Gasteiger charge is 2.21. The zero-order valence-electron chi connectivity index (χ0n) is 18.2. The molecule has 0 saturated heterocycles. The Morgan fingerprint density at radius 1 is 0.643 bits per heavy atom. The summed E-state index contributed by atoms with van der Waals surface area (Å²) in [6.45, 7) is 15.3. The molecule has 3 aromatic rings. The largest absolute Gasteiger partial charge is 0.372 e. The van der Waals surface area contributed by atoms with Gasteiger partial charge in [-0.25, -0.2) is 0 Å². The van der Waals surface area contributed by atoms with Crippen molar-refractivity contribution < 1.29 is 0 Å². The molecule has 3 rings (SSSR count). The lowest BCUT2D eigenvalue weighted by Crippen LogP contribution is -2.22. The predicted molar refractivity (Wildman–Crippen MR) is 123 cm³/mol. The Kier molecular flexibility index (Phi) is 6.24. The van der Waals surface area contributed by atoms with Gasteiger partial charge in [-0.15, -0.1) is 0 Å². The second-order valence-corrected chi connectivity index (χ2v) is 7.92. The zero-order valence-corrected chi connectivity index (χ0v) is 18.2. The lowest BCUT2D eigenvalue weighted by molar-refractivity contribution is 0.862. The fraction of sp³-hybridized carbons (Fsp3) is 0.333. The van der Waals surface area contributed by atoms with Crippen molar-refractivity contribution >= 4 is 5.69 Å². The summed E-state index contributed by atoms with van der Waals surface area (Å²) in [7, 11) is 0. The van der Waals surface area contributed by atoms with Crippen LogP contribution < -0.4 is 4.90 Å². The minimum Gasteiger partial charge on any atom is -0.372 e. The summed E-state index contributed by atoms with van der Waals surface area (Å²) in [5.41, 5.74) is 10.8. The summed E-state index contributed by atoms with van der Waals surface area (Å²) in [6, 6.07) is 22.9. The standard InChI is InChI=1S/C27H33N/c1-7-28(8-2)24-14-16-26(22(6)18-24)27(23-12-9-19(3)10-13-23)25-15-11-20(4)17-21(25)5/h9-18,27H,7-8H2,1-6H3. The minimum absolute atomic E-state index is 0.256. The highest BCUT2D eigenvalue weighted by molar-refractivity contribution is 5.56. The van der Waals surface area contributed by atoms with E-state index in [0.717, 1.165) is 13.1 Å². The summed E-state index contributed by atoms with van der Waals surface area (Å²) >= 11 is 0. The van der Waals surface area contributed by atoms with Crippen molar-refractivity contribution in [2.75, 3.05) is 18.0 Å². The maximum Gasteiger partial charge on any atom is 0.0368 e. The molecule has 146 valence electrons. The van der Waals surface area contributed by atoms with E-state index in [9.17, 15) is 0 Å². The van der Waals surface area contributed by atoms with E-state index in [4.69, 9.17) is 0 Å². The van der Waals surface area contributed by atoms with Crippen LogP contribution in [-0.4, -0.2) is 13.1 Å². The zero-order chi connectivity index (χ0) is 20.3. The lowest BCUT2D eigenvalue weighted by Gasteiger charge is -2.26. The maximum absolute atomic E-state index is 2.41. The Hall–Kier alpha value is -2.54. The second kappa shape index (κ2) is 8.65. The topological polar surface area (TPSA) is 3.24 Å². The van der Waals surface area contributed by atoms with Gasteiger partial charge in [0.05, 0.1) is 0 Å². The summed E-state index contributed by atoms with van der Waals surface area (Å²) in [4.78, 5) is 2.41. The fourth-order valence-corrected chi connectivity index (χ4v) is 4.20. The molecule has 0 aliphatic heterocycles. The van der Waals surface area contributed by atoms with E-state index in [0.29, 0.717) is 0 Å². The molecule has 0 radical (unpaired) electrons. The first-order valence-corrected chi connectivity index (χ1v) is 10.4. The van der Waals surface area contributed by atoms with Gasteiger partial charge >= 0.3 is 0 Å². The van der Waals surface area contributed by atoms with Gasteiger partial charge in [-0.1, -0.05) is 59.7 Å². The number of aryl methyl sites for hydroxylation is 4. The molecule has 1 atom stereocenters. The maximum atomic E-state index is 2.41. The van der Waals surface area contributed by atoms with Gasteiger partial charge < -0.3 is 4.90 Å². The van der Waals surface area contributed by atoms with Crippen LogP contribution in [0.3, 0.4) is 0 Å². The fourth-order valence-electron chi connectivity index (χ4n) is 4.20. The summed E-state index contributed by atoms with van der Waals surface area (Å²) < 4.78 is 0. The van der Waals surface area contributed by atoms with E-state index in [1.54, 1.807) is 0 Å². The van der Waals surface area contributed by atoms with Crippen LogP contribution in [0.5, 0.6) is 0 Å². The Balaban J connectivity index is 2.15. The van der Waals surface area contributed by atoms with Crippen LogP contribution in [0.1, 0.15) is 58.7 Å². The van der Waals surface area contributed by atoms with Crippen LogP contribution >= 0.6 is 0 Å².